The SMILES string of the molecule is C=C(C)C(=O)OCCc1ccccc1OP(=O)(Oc1ccccc1CCOC(=O)C(=C)C)Oc1ccccc1CCOC(=O)C(=C)C. The van der Waals surface area contributed by atoms with Crippen LogP contribution in [0.15, 0.2) is 109 Å². The van der Waals surface area contributed by atoms with Crippen molar-refractivity contribution in [3.63, 3.8) is 0 Å². The quantitative estimate of drug-likeness (QED) is 0.0593. The average molecular weight is 663 g/mol. The molecular weight excluding hydrogens is 623 g/mol. The first-order valence-electron chi connectivity index (χ1n) is 14.8. The first kappa shape index (κ1) is 36.4. The molecule has 0 aliphatic rings. The van der Waals surface area contributed by atoms with Crippen LogP contribution in [-0.4, -0.2) is 37.7 Å². The number of para-hydroxylation sites is 3. The molecule has 0 heterocycles. The topological polar surface area (TPSA) is 124 Å². The van der Waals surface area contributed by atoms with Crippen molar-refractivity contribution in [1.29, 1.82) is 0 Å². The average Bonchev–Trinajstić information content (AvgIpc) is 3.03. The van der Waals surface area contributed by atoms with Crippen LogP contribution in [0.2, 0.25) is 0 Å². The number of carbonyl (C=O) groups excluding carboxylic acids is 3. The fourth-order valence-electron chi connectivity index (χ4n) is 3.95. The summed E-state index contributed by atoms with van der Waals surface area (Å²) in [6.07, 6.45) is 0.722. The standard InChI is InChI=1S/C36H39O10P/c1-25(2)34(37)41-22-19-28-13-7-10-16-31(28)44-47(40,45-32-17-11-8-14-29(32)20-23-42-35(38)26(3)4)46-33-18-12-9-15-30(33)21-24-43-36(39)27(5)6/h7-18H,1,3,5,19-24H2,2,4,6H3. The van der Waals surface area contributed by atoms with Gasteiger partial charge in [-0.25, -0.2) is 14.4 Å². The Kier molecular flexibility index (Phi) is 13.6. The summed E-state index contributed by atoms with van der Waals surface area (Å²) in [7, 11) is -4.53. The molecule has 0 saturated heterocycles. The Bertz CT molecular complexity index is 1480. The Morgan fingerprint density at radius 2 is 0.766 bits per heavy atom. The van der Waals surface area contributed by atoms with Gasteiger partial charge in [-0.3, -0.25) is 0 Å². The highest BCUT2D eigenvalue weighted by molar-refractivity contribution is 7.49. The molecule has 0 unspecified atom stereocenters. The Hall–Kier alpha value is -5.08. The Labute approximate surface area is 275 Å². The van der Waals surface area contributed by atoms with E-state index in [1.165, 1.54) is 0 Å². The van der Waals surface area contributed by atoms with Gasteiger partial charge in [0, 0.05) is 36.0 Å². The predicted molar refractivity (Wildman–Crippen MR) is 177 cm³/mol. The fraction of sp³-hybridized carbons (Fsp3) is 0.250. The highest BCUT2D eigenvalue weighted by atomic mass is 31.2. The minimum atomic E-state index is -4.53. The Morgan fingerprint density at radius 3 is 1.02 bits per heavy atom. The predicted octanol–water partition coefficient (Wildman–Crippen LogP) is 7.32. The van der Waals surface area contributed by atoms with Gasteiger partial charge in [-0.05, 0) is 55.7 Å². The van der Waals surface area contributed by atoms with E-state index in [1.807, 2.05) is 0 Å². The van der Waals surface area contributed by atoms with Crippen LogP contribution in [0.3, 0.4) is 0 Å². The van der Waals surface area contributed by atoms with Gasteiger partial charge in [0.2, 0.25) is 0 Å². The maximum Gasteiger partial charge on any atom is 0.647 e. The number of ether oxygens (including phenoxy) is 3. The van der Waals surface area contributed by atoms with Gasteiger partial charge in [-0.1, -0.05) is 74.3 Å². The van der Waals surface area contributed by atoms with E-state index in [-0.39, 0.29) is 73.1 Å². The summed E-state index contributed by atoms with van der Waals surface area (Å²) in [5.74, 6) is -1.04. The molecule has 0 atom stereocenters. The minimum Gasteiger partial charge on any atom is -0.462 e. The fourth-order valence-corrected chi connectivity index (χ4v) is 5.32. The monoisotopic (exact) mass is 662 g/mol. The summed E-state index contributed by atoms with van der Waals surface area (Å²) in [6, 6.07) is 20.4. The maximum absolute atomic E-state index is 14.6. The van der Waals surface area contributed by atoms with E-state index in [2.05, 4.69) is 19.7 Å². The van der Waals surface area contributed by atoms with Crippen LogP contribution >= 0.6 is 7.82 Å². The van der Waals surface area contributed by atoms with Crippen molar-refractivity contribution >= 4 is 25.7 Å². The third kappa shape index (κ3) is 11.7. The largest absolute Gasteiger partial charge is 0.647 e. The molecule has 11 heteroatoms. The Balaban J connectivity index is 1.93. The van der Waals surface area contributed by atoms with Gasteiger partial charge in [0.25, 0.3) is 0 Å². The van der Waals surface area contributed by atoms with E-state index < -0.39 is 25.7 Å². The number of rotatable bonds is 18. The van der Waals surface area contributed by atoms with Gasteiger partial charge >= 0.3 is 25.7 Å². The van der Waals surface area contributed by atoms with Gasteiger partial charge in [0.1, 0.15) is 17.2 Å². The molecule has 248 valence electrons. The van der Waals surface area contributed by atoms with Crippen LogP contribution in [0.5, 0.6) is 17.2 Å². The second kappa shape index (κ2) is 17.6. The summed E-state index contributed by atoms with van der Waals surface area (Å²) < 4.78 is 48.6. The highest BCUT2D eigenvalue weighted by Crippen LogP contribution is 2.51. The van der Waals surface area contributed by atoms with Crippen molar-refractivity contribution in [1.82, 2.24) is 0 Å². The molecule has 3 aromatic rings. The van der Waals surface area contributed by atoms with E-state index >= 15 is 0 Å². The first-order valence-corrected chi connectivity index (χ1v) is 16.2. The van der Waals surface area contributed by atoms with E-state index in [1.54, 1.807) is 93.6 Å². The molecule has 0 aromatic heterocycles. The summed E-state index contributed by atoms with van der Waals surface area (Å²) in [4.78, 5) is 35.7. The van der Waals surface area contributed by atoms with Crippen LogP contribution < -0.4 is 13.6 Å². The summed E-state index contributed by atoms with van der Waals surface area (Å²) in [6.45, 7) is 15.5. The van der Waals surface area contributed by atoms with E-state index in [0.29, 0.717) is 16.7 Å². The zero-order valence-electron chi connectivity index (χ0n) is 26.8. The molecule has 3 aromatic carbocycles. The molecule has 0 bridgehead atoms. The van der Waals surface area contributed by atoms with Gasteiger partial charge in [0.05, 0.1) is 19.8 Å². The van der Waals surface area contributed by atoms with Crippen molar-refractivity contribution in [3.05, 3.63) is 126 Å². The van der Waals surface area contributed by atoms with Gasteiger partial charge in [-0.15, -0.1) is 0 Å². The van der Waals surface area contributed by atoms with Crippen molar-refractivity contribution < 1.29 is 46.7 Å². The van der Waals surface area contributed by atoms with Gasteiger partial charge in [0.15, 0.2) is 0 Å². The highest BCUT2D eigenvalue weighted by Gasteiger charge is 2.35. The smallest absolute Gasteiger partial charge is 0.462 e. The lowest BCUT2D eigenvalue weighted by atomic mass is 10.1. The number of benzene rings is 3. The van der Waals surface area contributed by atoms with Crippen LogP contribution in [0.1, 0.15) is 37.5 Å². The number of phosphoric acid groups is 1. The lowest BCUT2D eigenvalue weighted by Crippen LogP contribution is -2.13. The molecule has 10 nitrogen and oxygen atoms in total. The third-order valence-corrected chi connectivity index (χ3v) is 7.67. The first-order chi connectivity index (χ1) is 22.4. The molecule has 0 spiro atoms. The maximum atomic E-state index is 14.6. The summed E-state index contributed by atoms with van der Waals surface area (Å²) in [5.41, 5.74) is 2.53. The Morgan fingerprint density at radius 1 is 0.511 bits per heavy atom. The van der Waals surface area contributed by atoms with Crippen LogP contribution in [0, 0.1) is 0 Å². The molecular formula is C36H39O10P. The normalized spacial score (nSPS) is 10.7. The van der Waals surface area contributed by atoms with E-state index in [0.717, 1.165) is 0 Å². The summed E-state index contributed by atoms with van der Waals surface area (Å²) >= 11 is 0. The molecule has 0 N–H and O–H groups in total. The minimum absolute atomic E-state index is 0.0234. The molecule has 0 aliphatic heterocycles. The molecule has 3 rings (SSSR count). The van der Waals surface area contributed by atoms with Crippen molar-refractivity contribution in [2.24, 2.45) is 0 Å². The second-order valence-corrected chi connectivity index (χ2v) is 12.0. The van der Waals surface area contributed by atoms with Gasteiger partial charge in [-0.2, -0.15) is 4.57 Å². The van der Waals surface area contributed by atoms with Crippen LogP contribution in [0.4, 0.5) is 0 Å². The van der Waals surface area contributed by atoms with Crippen molar-refractivity contribution in [3.8, 4) is 17.2 Å². The van der Waals surface area contributed by atoms with E-state index in [4.69, 9.17) is 27.8 Å². The van der Waals surface area contributed by atoms with E-state index in [9.17, 15) is 18.9 Å². The van der Waals surface area contributed by atoms with Crippen molar-refractivity contribution in [2.75, 3.05) is 19.8 Å². The molecule has 0 amide bonds. The summed E-state index contributed by atoms with van der Waals surface area (Å²) in [5, 5.41) is 0. The molecule has 0 fully saturated rings. The van der Waals surface area contributed by atoms with Gasteiger partial charge < -0.3 is 27.8 Å². The number of hydrogen-bond acceptors (Lipinski definition) is 10. The third-order valence-electron chi connectivity index (χ3n) is 6.41. The molecule has 47 heavy (non-hydrogen) atoms. The second-order valence-electron chi connectivity index (χ2n) is 10.5. The zero-order chi connectivity index (χ0) is 34.4. The number of carbonyl (C=O) groups is 3. The van der Waals surface area contributed by atoms with Crippen LogP contribution in [-0.2, 0) is 52.4 Å². The molecule has 0 aliphatic carbocycles. The number of hydrogen-bond donors (Lipinski definition) is 0. The lowest BCUT2D eigenvalue weighted by Gasteiger charge is -2.23. The number of esters is 3. The van der Waals surface area contributed by atoms with Crippen LogP contribution in [0.25, 0.3) is 0 Å². The molecule has 0 radical (unpaired) electrons. The molecule has 0 saturated carbocycles. The lowest BCUT2D eigenvalue weighted by molar-refractivity contribution is -0.139. The number of phosphoric ester groups is 1. The van der Waals surface area contributed by atoms with Crippen molar-refractivity contribution in [2.45, 2.75) is 40.0 Å². The zero-order valence-corrected chi connectivity index (χ0v) is 27.7.